The van der Waals surface area contributed by atoms with Crippen molar-refractivity contribution >= 4 is 5.97 Å². The average molecular weight is 142 g/mol. The first-order chi connectivity index (χ1) is 4.63. The molecule has 0 amide bonds. The predicted molar refractivity (Wildman–Crippen MR) is 36.3 cm³/mol. The molecule has 1 aliphatic rings. The Bertz CT molecular complexity index is 179. The van der Waals surface area contributed by atoms with Crippen LogP contribution in [-0.4, -0.2) is 35.6 Å². The molecule has 0 aromatic heterocycles. The molecule has 1 atom stereocenters. The van der Waals surface area contributed by atoms with E-state index in [0.717, 1.165) is 0 Å². The largest absolute Gasteiger partial charge is 0.480 e. The summed E-state index contributed by atoms with van der Waals surface area (Å²) in [6.45, 7) is 4.07. The average Bonchev–Trinajstić information content (AvgIpc) is 2.14. The fourth-order valence-electron chi connectivity index (χ4n) is 0.917. The summed E-state index contributed by atoms with van der Waals surface area (Å²) in [6.07, 6.45) is 0. The van der Waals surface area contributed by atoms with Crippen LogP contribution in [0.3, 0.4) is 0 Å². The minimum atomic E-state index is -0.811. The molecule has 1 fully saturated rings. The van der Waals surface area contributed by atoms with Crippen LogP contribution in [0, 0.1) is 0 Å². The van der Waals surface area contributed by atoms with Crippen LogP contribution in [0.1, 0.15) is 0 Å². The van der Waals surface area contributed by atoms with Gasteiger partial charge in [-0.2, -0.15) is 0 Å². The van der Waals surface area contributed by atoms with Crippen molar-refractivity contribution in [2.75, 3.05) is 13.6 Å². The molecule has 0 spiro atoms. The molecule has 0 unspecified atom stereocenters. The van der Waals surface area contributed by atoms with Gasteiger partial charge in [-0.1, -0.05) is 6.58 Å². The second-order valence-electron chi connectivity index (χ2n) is 2.29. The highest BCUT2D eigenvalue weighted by molar-refractivity contribution is 5.74. The molecule has 1 rings (SSSR count). The molecule has 56 valence electrons. The van der Waals surface area contributed by atoms with Gasteiger partial charge >= 0.3 is 5.97 Å². The summed E-state index contributed by atoms with van der Waals surface area (Å²) in [5.74, 6) is -0.138. The Balaban J connectivity index is 2.66. The fourth-order valence-corrected chi connectivity index (χ4v) is 0.917. The van der Waals surface area contributed by atoms with Crippen LogP contribution >= 0.6 is 0 Å². The summed E-state index contributed by atoms with van der Waals surface area (Å²) in [5.41, 5.74) is 0. The Morgan fingerprint density at radius 3 is 2.80 bits per heavy atom. The lowest BCUT2D eigenvalue weighted by Crippen LogP contribution is -2.33. The van der Waals surface area contributed by atoms with Gasteiger partial charge in [0.25, 0.3) is 0 Å². The first-order valence-electron chi connectivity index (χ1n) is 3.01. The first kappa shape index (κ1) is 6.92. The molecule has 1 heterocycles. The van der Waals surface area contributed by atoms with Gasteiger partial charge < -0.3 is 15.3 Å². The predicted octanol–water partition coefficient (Wildman–Crippen LogP) is -0.554. The Morgan fingerprint density at radius 2 is 2.60 bits per heavy atom. The van der Waals surface area contributed by atoms with Crippen molar-refractivity contribution in [1.29, 1.82) is 0 Å². The van der Waals surface area contributed by atoms with Crippen LogP contribution in [0.15, 0.2) is 12.4 Å². The lowest BCUT2D eigenvalue weighted by Gasteiger charge is -2.15. The standard InChI is InChI=1S/C6H10N2O2/c1-4-7-3-5(6(9)10)8(4)2/h5,7H,1,3H2,2H3,(H,9,10)/t5-/m0/s1. The maximum Gasteiger partial charge on any atom is 0.328 e. The number of carboxylic acids is 1. The van der Waals surface area contributed by atoms with Crippen LogP contribution in [0.5, 0.6) is 0 Å². The van der Waals surface area contributed by atoms with Crippen molar-refractivity contribution in [3.8, 4) is 0 Å². The number of nitrogens with one attached hydrogen (secondary N) is 1. The molecule has 0 aromatic rings. The third kappa shape index (κ3) is 0.920. The number of aliphatic carboxylic acids is 1. The maximum atomic E-state index is 10.4. The smallest absolute Gasteiger partial charge is 0.328 e. The van der Waals surface area contributed by atoms with Crippen molar-refractivity contribution in [2.45, 2.75) is 6.04 Å². The van der Waals surface area contributed by atoms with E-state index in [-0.39, 0.29) is 0 Å². The quantitative estimate of drug-likeness (QED) is 0.515. The van der Waals surface area contributed by atoms with E-state index in [1.165, 1.54) is 0 Å². The maximum absolute atomic E-state index is 10.4. The molecule has 0 radical (unpaired) electrons. The Kier molecular flexibility index (Phi) is 1.53. The normalized spacial score (nSPS) is 24.7. The molecule has 1 saturated heterocycles. The molecular formula is C6H10N2O2. The summed E-state index contributed by atoms with van der Waals surface area (Å²) in [4.78, 5) is 12.0. The number of carboxylic acid groups (broad SMARTS) is 1. The summed E-state index contributed by atoms with van der Waals surface area (Å²) in [6, 6.07) is -0.451. The van der Waals surface area contributed by atoms with E-state index in [0.29, 0.717) is 12.4 Å². The monoisotopic (exact) mass is 142 g/mol. The van der Waals surface area contributed by atoms with Gasteiger partial charge in [-0.25, -0.2) is 4.79 Å². The van der Waals surface area contributed by atoms with Gasteiger partial charge in [0.2, 0.25) is 0 Å². The fraction of sp³-hybridized carbons (Fsp3) is 0.500. The number of rotatable bonds is 1. The molecule has 4 nitrogen and oxygen atoms in total. The number of likely N-dealkylation sites (N-methyl/N-ethyl adjacent to an activating group) is 1. The molecule has 0 aliphatic carbocycles. The SMILES string of the molecule is C=C1NC[C@@H](C(=O)O)N1C. The summed E-state index contributed by atoms with van der Waals surface area (Å²) >= 11 is 0. The highest BCUT2D eigenvalue weighted by Gasteiger charge is 2.28. The summed E-state index contributed by atoms with van der Waals surface area (Å²) in [7, 11) is 1.71. The minimum Gasteiger partial charge on any atom is -0.480 e. The van der Waals surface area contributed by atoms with Crippen LogP contribution in [0.25, 0.3) is 0 Å². The van der Waals surface area contributed by atoms with Crippen LogP contribution < -0.4 is 5.32 Å². The number of hydrogen-bond donors (Lipinski definition) is 2. The molecule has 4 heteroatoms. The van der Waals surface area contributed by atoms with E-state index < -0.39 is 12.0 Å². The molecule has 0 saturated carbocycles. The third-order valence-electron chi connectivity index (χ3n) is 1.68. The van der Waals surface area contributed by atoms with Crippen LogP contribution in [0.2, 0.25) is 0 Å². The molecular weight excluding hydrogens is 132 g/mol. The zero-order valence-corrected chi connectivity index (χ0v) is 5.79. The third-order valence-corrected chi connectivity index (χ3v) is 1.68. The topological polar surface area (TPSA) is 52.6 Å². The summed E-state index contributed by atoms with van der Waals surface area (Å²) in [5, 5.41) is 11.4. The van der Waals surface area contributed by atoms with Gasteiger partial charge in [0, 0.05) is 13.6 Å². The van der Waals surface area contributed by atoms with E-state index in [9.17, 15) is 4.79 Å². The Hall–Kier alpha value is -1.19. The van der Waals surface area contributed by atoms with Crippen molar-refractivity contribution in [3.63, 3.8) is 0 Å². The lowest BCUT2D eigenvalue weighted by atomic mass is 10.3. The van der Waals surface area contributed by atoms with Crippen LogP contribution in [0.4, 0.5) is 0 Å². The van der Waals surface area contributed by atoms with Gasteiger partial charge in [0.05, 0.1) is 5.82 Å². The Morgan fingerprint density at radius 1 is 2.00 bits per heavy atom. The number of carbonyl (C=O) groups is 1. The van der Waals surface area contributed by atoms with E-state index in [2.05, 4.69) is 11.9 Å². The van der Waals surface area contributed by atoms with Crippen molar-refractivity contribution in [1.82, 2.24) is 10.2 Å². The van der Waals surface area contributed by atoms with Crippen LogP contribution in [-0.2, 0) is 4.79 Å². The van der Waals surface area contributed by atoms with E-state index in [1.807, 2.05) is 0 Å². The van der Waals surface area contributed by atoms with E-state index in [4.69, 9.17) is 5.11 Å². The van der Waals surface area contributed by atoms with E-state index in [1.54, 1.807) is 11.9 Å². The zero-order valence-electron chi connectivity index (χ0n) is 5.79. The van der Waals surface area contributed by atoms with E-state index >= 15 is 0 Å². The lowest BCUT2D eigenvalue weighted by molar-refractivity contribution is -0.140. The highest BCUT2D eigenvalue weighted by atomic mass is 16.4. The van der Waals surface area contributed by atoms with Gasteiger partial charge in [-0.3, -0.25) is 0 Å². The first-order valence-corrected chi connectivity index (χ1v) is 3.01. The van der Waals surface area contributed by atoms with Gasteiger partial charge in [0.1, 0.15) is 6.04 Å². The molecule has 0 aromatic carbocycles. The second kappa shape index (κ2) is 2.21. The molecule has 10 heavy (non-hydrogen) atoms. The van der Waals surface area contributed by atoms with Crippen molar-refractivity contribution in [3.05, 3.63) is 12.4 Å². The second-order valence-corrected chi connectivity index (χ2v) is 2.29. The van der Waals surface area contributed by atoms with Crippen molar-refractivity contribution in [2.24, 2.45) is 0 Å². The minimum absolute atomic E-state index is 0.449. The van der Waals surface area contributed by atoms with Crippen molar-refractivity contribution < 1.29 is 9.90 Å². The molecule has 2 N–H and O–H groups in total. The zero-order chi connectivity index (χ0) is 7.72. The molecule has 1 aliphatic heterocycles. The van der Waals surface area contributed by atoms with Gasteiger partial charge in [-0.05, 0) is 0 Å². The number of hydrogen-bond acceptors (Lipinski definition) is 3. The molecule has 0 bridgehead atoms. The van der Waals surface area contributed by atoms with Gasteiger partial charge in [-0.15, -0.1) is 0 Å². The van der Waals surface area contributed by atoms with Gasteiger partial charge in [0.15, 0.2) is 0 Å². The highest BCUT2D eigenvalue weighted by Crippen LogP contribution is 2.08. The Labute approximate surface area is 59.1 Å². The summed E-state index contributed by atoms with van der Waals surface area (Å²) < 4.78 is 0. The number of nitrogens with zero attached hydrogens (tertiary/aromatic N) is 1.